The van der Waals surface area contributed by atoms with Crippen LogP contribution in [0.25, 0.3) is 11.5 Å². The summed E-state index contributed by atoms with van der Waals surface area (Å²) >= 11 is 0. The first kappa shape index (κ1) is 13.3. The van der Waals surface area contributed by atoms with Crippen LogP contribution in [-0.4, -0.2) is 16.5 Å². The van der Waals surface area contributed by atoms with Gasteiger partial charge in [0.15, 0.2) is 11.5 Å². The van der Waals surface area contributed by atoms with Crippen molar-refractivity contribution in [3.63, 3.8) is 0 Å². The second-order valence-corrected chi connectivity index (χ2v) is 4.54. The monoisotopic (exact) mass is 265 g/mol. The molecule has 0 amide bonds. The molecule has 0 aliphatic rings. The first-order chi connectivity index (χ1) is 9.06. The number of oxazole rings is 1. The Labute approximate surface area is 109 Å². The molecule has 102 valence electrons. The summed E-state index contributed by atoms with van der Waals surface area (Å²) in [6.07, 6.45) is 1.49. The summed E-state index contributed by atoms with van der Waals surface area (Å²) in [4.78, 5) is 14.0. The van der Waals surface area contributed by atoms with Gasteiger partial charge in [0.2, 0.25) is 5.89 Å². The molecule has 0 aliphatic heterocycles. The average Bonchev–Trinajstić information content (AvgIpc) is 2.95. The van der Waals surface area contributed by atoms with E-state index < -0.39 is 4.92 Å². The van der Waals surface area contributed by atoms with E-state index in [1.165, 1.54) is 18.3 Å². The first-order valence-electron chi connectivity index (χ1n) is 5.96. The molecule has 0 spiro atoms. The molecule has 2 aromatic rings. The Kier molecular flexibility index (Phi) is 3.96. The van der Waals surface area contributed by atoms with Crippen molar-refractivity contribution >= 4 is 5.88 Å². The zero-order valence-corrected chi connectivity index (χ0v) is 10.8. The highest BCUT2D eigenvalue weighted by Crippen LogP contribution is 2.26. The van der Waals surface area contributed by atoms with Gasteiger partial charge in [-0.2, -0.15) is 0 Å². The van der Waals surface area contributed by atoms with Crippen LogP contribution < -0.4 is 5.32 Å². The van der Waals surface area contributed by atoms with Crippen LogP contribution >= 0.6 is 0 Å². The predicted octanol–water partition coefficient (Wildman–Crippen LogP) is 2.59. The molecule has 2 heterocycles. The highest BCUT2D eigenvalue weighted by molar-refractivity contribution is 5.50. The molecular formula is C12H15N3O4. The van der Waals surface area contributed by atoms with Crippen molar-refractivity contribution < 1.29 is 13.8 Å². The lowest BCUT2D eigenvalue weighted by Crippen LogP contribution is -2.18. The summed E-state index contributed by atoms with van der Waals surface area (Å²) in [5.41, 5.74) is 0. The number of nitro groups is 1. The minimum atomic E-state index is -0.592. The number of nitrogens with zero attached hydrogens (tertiary/aromatic N) is 2. The van der Waals surface area contributed by atoms with Crippen LogP contribution in [0.1, 0.15) is 19.7 Å². The van der Waals surface area contributed by atoms with Gasteiger partial charge < -0.3 is 14.2 Å². The van der Waals surface area contributed by atoms with Crippen LogP contribution in [0.15, 0.2) is 27.2 Å². The quantitative estimate of drug-likeness (QED) is 0.637. The van der Waals surface area contributed by atoms with E-state index in [9.17, 15) is 10.1 Å². The van der Waals surface area contributed by atoms with Crippen LogP contribution in [0, 0.1) is 16.0 Å². The fraction of sp³-hybridized carbons (Fsp3) is 0.417. The van der Waals surface area contributed by atoms with E-state index >= 15 is 0 Å². The van der Waals surface area contributed by atoms with Crippen molar-refractivity contribution in [1.82, 2.24) is 10.3 Å². The molecule has 0 radical (unpaired) electrons. The molecule has 7 nitrogen and oxygen atoms in total. The van der Waals surface area contributed by atoms with E-state index in [1.54, 1.807) is 0 Å². The lowest BCUT2D eigenvalue weighted by atomic mass is 10.2. The fourth-order valence-electron chi connectivity index (χ4n) is 1.53. The van der Waals surface area contributed by atoms with Gasteiger partial charge >= 0.3 is 5.88 Å². The van der Waals surface area contributed by atoms with Gasteiger partial charge in [-0.1, -0.05) is 13.8 Å². The van der Waals surface area contributed by atoms with E-state index in [2.05, 4.69) is 24.1 Å². The lowest BCUT2D eigenvalue weighted by molar-refractivity contribution is -0.401. The van der Waals surface area contributed by atoms with Crippen molar-refractivity contribution in [3.05, 3.63) is 34.3 Å². The number of aromatic nitrogens is 1. The normalized spacial score (nSPS) is 11.1. The highest BCUT2D eigenvalue weighted by Gasteiger charge is 2.16. The Balaban J connectivity index is 2.01. The maximum absolute atomic E-state index is 10.5. The van der Waals surface area contributed by atoms with Crippen LogP contribution in [0.5, 0.6) is 0 Å². The SMILES string of the molecule is CC(C)CNCc1ncc(-c2ccc([N+](=O)[O-])o2)o1. The highest BCUT2D eigenvalue weighted by atomic mass is 16.6. The Morgan fingerprint density at radius 2 is 2.16 bits per heavy atom. The van der Waals surface area contributed by atoms with Crippen LogP contribution in [-0.2, 0) is 6.54 Å². The van der Waals surface area contributed by atoms with E-state index in [-0.39, 0.29) is 5.88 Å². The fourth-order valence-corrected chi connectivity index (χ4v) is 1.53. The maximum atomic E-state index is 10.5. The van der Waals surface area contributed by atoms with E-state index in [1.807, 2.05) is 0 Å². The third kappa shape index (κ3) is 3.41. The molecule has 0 saturated heterocycles. The third-order valence-electron chi connectivity index (χ3n) is 2.40. The summed E-state index contributed by atoms with van der Waals surface area (Å²) in [6.45, 7) is 5.59. The molecule has 0 bridgehead atoms. The molecule has 19 heavy (non-hydrogen) atoms. The van der Waals surface area contributed by atoms with Crippen molar-refractivity contribution in [2.75, 3.05) is 6.54 Å². The Bertz CT molecular complexity index is 559. The van der Waals surface area contributed by atoms with E-state index in [0.29, 0.717) is 29.9 Å². The van der Waals surface area contributed by atoms with Gasteiger partial charge in [-0.05, 0) is 18.5 Å². The van der Waals surface area contributed by atoms with Crippen LogP contribution in [0.3, 0.4) is 0 Å². The van der Waals surface area contributed by atoms with Gasteiger partial charge in [0.1, 0.15) is 4.92 Å². The second-order valence-electron chi connectivity index (χ2n) is 4.54. The molecule has 0 unspecified atom stereocenters. The van der Waals surface area contributed by atoms with Crippen LogP contribution in [0.4, 0.5) is 5.88 Å². The van der Waals surface area contributed by atoms with E-state index in [0.717, 1.165) is 6.54 Å². The van der Waals surface area contributed by atoms with Crippen LogP contribution in [0.2, 0.25) is 0 Å². The molecular weight excluding hydrogens is 250 g/mol. The predicted molar refractivity (Wildman–Crippen MR) is 67.4 cm³/mol. The average molecular weight is 265 g/mol. The van der Waals surface area contributed by atoms with Gasteiger partial charge in [0.25, 0.3) is 0 Å². The number of nitrogens with one attached hydrogen (secondary N) is 1. The van der Waals surface area contributed by atoms with Crippen molar-refractivity contribution in [1.29, 1.82) is 0 Å². The Morgan fingerprint density at radius 1 is 1.37 bits per heavy atom. The zero-order valence-electron chi connectivity index (χ0n) is 10.8. The number of hydrogen-bond donors (Lipinski definition) is 1. The van der Waals surface area contributed by atoms with Gasteiger partial charge in [0, 0.05) is 0 Å². The minimum absolute atomic E-state index is 0.300. The summed E-state index contributed by atoms with van der Waals surface area (Å²) in [5.74, 6) is 1.44. The summed E-state index contributed by atoms with van der Waals surface area (Å²) in [7, 11) is 0. The molecule has 0 aromatic carbocycles. The van der Waals surface area contributed by atoms with Crippen molar-refractivity contribution in [2.45, 2.75) is 20.4 Å². The standard InChI is InChI=1S/C12H15N3O4/c1-8(2)5-13-7-11-14-6-10(18-11)9-3-4-12(19-9)15(16)17/h3-4,6,8,13H,5,7H2,1-2H3. The Hall–Kier alpha value is -2.15. The van der Waals surface area contributed by atoms with Gasteiger partial charge in [-0.15, -0.1) is 0 Å². The van der Waals surface area contributed by atoms with Gasteiger partial charge in [-0.25, -0.2) is 4.98 Å². The van der Waals surface area contributed by atoms with E-state index in [4.69, 9.17) is 8.83 Å². The molecule has 0 saturated carbocycles. The van der Waals surface area contributed by atoms with Gasteiger partial charge in [-0.3, -0.25) is 10.1 Å². The second kappa shape index (κ2) is 5.66. The van der Waals surface area contributed by atoms with Crippen molar-refractivity contribution in [3.8, 4) is 11.5 Å². The molecule has 2 rings (SSSR count). The Morgan fingerprint density at radius 3 is 2.79 bits per heavy atom. The topological polar surface area (TPSA) is 94.3 Å². The minimum Gasteiger partial charge on any atom is -0.436 e. The van der Waals surface area contributed by atoms with Crippen molar-refractivity contribution in [2.24, 2.45) is 5.92 Å². The van der Waals surface area contributed by atoms with Gasteiger partial charge in [0.05, 0.1) is 18.8 Å². The molecule has 1 N–H and O–H groups in total. The molecule has 2 aromatic heterocycles. The summed E-state index contributed by atoms with van der Waals surface area (Å²) < 4.78 is 10.5. The third-order valence-corrected chi connectivity index (χ3v) is 2.40. The number of hydrogen-bond acceptors (Lipinski definition) is 6. The number of rotatable bonds is 6. The summed E-state index contributed by atoms with van der Waals surface area (Å²) in [5, 5.41) is 13.7. The molecule has 7 heteroatoms. The zero-order chi connectivity index (χ0) is 13.8. The first-order valence-corrected chi connectivity index (χ1v) is 5.96. The maximum Gasteiger partial charge on any atom is 0.433 e. The molecule has 0 fully saturated rings. The smallest absolute Gasteiger partial charge is 0.433 e. The number of furan rings is 1. The summed E-state index contributed by atoms with van der Waals surface area (Å²) in [6, 6.07) is 2.78. The largest absolute Gasteiger partial charge is 0.436 e. The molecule has 0 aliphatic carbocycles. The molecule has 0 atom stereocenters. The lowest BCUT2D eigenvalue weighted by Gasteiger charge is -2.03.